The fourth-order valence-electron chi connectivity index (χ4n) is 3.36. The molecule has 2 aromatic rings. The quantitative estimate of drug-likeness (QED) is 0.428. The number of rotatable bonds is 8. The standard InChI is InChI=1S/C20H23F4N3O3S/c1-3-10(2)30-20(29)16-11-6-4-5-7-14(11)31-19(16)25-15(28)9-27-13(18(23)24)8-12(26-27)17(21)22/h8,10,17-18H,3-7,9H2,1-2H3,(H,25,28). The molecule has 1 N–H and O–H groups in total. The first kappa shape index (κ1) is 23.2. The Balaban J connectivity index is 1.85. The number of thiophene rings is 1. The topological polar surface area (TPSA) is 73.2 Å². The van der Waals surface area contributed by atoms with Crippen LogP contribution in [0.2, 0.25) is 0 Å². The monoisotopic (exact) mass is 461 g/mol. The second-order valence-corrected chi connectivity index (χ2v) is 8.45. The fourth-order valence-corrected chi connectivity index (χ4v) is 4.65. The average molecular weight is 461 g/mol. The highest BCUT2D eigenvalue weighted by molar-refractivity contribution is 7.17. The van der Waals surface area contributed by atoms with Crippen LogP contribution in [0, 0.1) is 0 Å². The molecule has 170 valence electrons. The number of carbonyl (C=O) groups excluding carboxylic acids is 2. The normalized spacial score (nSPS) is 14.6. The Labute approximate surface area is 180 Å². The molecule has 0 fully saturated rings. The maximum Gasteiger partial charge on any atom is 0.341 e. The molecule has 0 saturated heterocycles. The van der Waals surface area contributed by atoms with Gasteiger partial charge in [0.25, 0.3) is 12.9 Å². The second-order valence-electron chi connectivity index (χ2n) is 7.34. The zero-order valence-corrected chi connectivity index (χ0v) is 17.9. The largest absolute Gasteiger partial charge is 0.459 e. The zero-order chi connectivity index (χ0) is 22.7. The lowest BCUT2D eigenvalue weighted by Gasteiger charge is -2.15. The molecule has 1 aliphatic rings. The molecule has 3 rings (SSSR count). The number of esters is 1. The van der Waals surface area contributed by atoms with Gasteiger partial charge in [-0.25, -0.2) is 22.4 Å². The number of amides is 1. The number of aromatic nitrogens is 2. The lowest BCUT2D eigenvalue weighted by atomic mass is 9.95. The van der Waals surface area contributed by atoms with E-state index in [4.69, 9.17) is 4.74 Å². The van der Waals surface area contributed by atoms with Gasteiger partial charge in [0.1, 0.15) is 22.9 Å². The van der Waals surface area contributed by atoms with Gasteiger partial charge >= 0.3 is 5.97 Å². The summed E-state index contributed by atoms with van der Waals surface area (Å²) in [6.07, 6.45) is -2.46. The third-order valence-corrected chi connectivity index (χ3v) is 6.29. The first-order valence-electron chi connectivity index (χ1n) is 10.0. The summed E-state index contributed by atoms with van der Waals surface area (Å²) in [6, 6.07) is 0.585. The summed E-state index contributed by atoms with van der Waals surface area (Å²) < 4.78 is 58.0. The van der Waals surface area contributed by atoms with Crippen LogP contribution >= 0.6 is 11.3 Å². The number of hydrogen-bond acceptors (Lipinski definition) is 5. The molecule has 1 atom stereocenters. The number of nitrogens with zero attached hydrogens (tertiary/aromatic N) is 2. The van der Waals surface area contributed by atoms with Gasteiger partial charge < -0.3 is 10.1 Å². The van der Waals surface area contributed by atoms with Crippen LogP contribution in [0.1, 0.15) is 78.1 Å². The molecular formula is C20H23F4N3O3S. The van der Waals surface area contributed by atoms with E-state index in [-0.39, 0.29) is 16.7 Å². The molecule has 2 aromatic heterocycles. The smallest absolute Gasteiger partial charge is 0.341 e. The molecule has 2 heterocycles. The number of carbonyl (C=O) groups is 2. The van der Waals surface area contributed by atoms with E-state index in [0.29, 0.717) is 23.6 Å². The van der Waals surface area contributed by atoms with Crippen LogP contribution in [0.25, 0.3) is 0 Å². The average Bonchev–Trinajstić information content (AvgIpc) is 3.29. The summed E-state index contributed by atoms with van der Waals surface area (Å²) in [4.78, 5) is 26.3. The van der Waals surface area contributed by atoms with E-state index in [0.717, 1.165) is 29.7 Å². The van der Waals surface area contributed by atoms with E-state index in [1.807, 2.05) is 6.92 Å². The van der Waals surface area contributed by atoms with E-state index < -0.39 is 42.7 Å². The number of anilines is 1. The van der Waals surface area contributed by atoms with E-state index in [2.05, 4.69) is 10.4 Å². The Kier molecular flexibility index (Phi) is 7.34. The third-order valence-electron chi connectivity index (χ3n) is 5.08. The van der Waals surface area contributed by atoms with Crippen molar-refractivity contribution < 1.29 is 31.9 Å². The Morgan fingerprint density at radius 2 is 1.94 bits per heavy atom. The third kappa shape index (κ3) is 5.25. The molecule has 0 bridgehead atoms. The summed E-state index contributed by atoms with van der Waals surface area (Å²) in [5.41, 5.74) is -0.469. The van der Waals surface area contributed by atoms with Gasteiger partial charge in [0.2, 0.25) is 5.91 Å². The van der Waals surface area contributed by atoms with Crippen molar-refractivity contribution >= 4 is 28.2 Å². The van der Waals surface area contributed by atoms with E-state index >= 15 is 0 Å². The van der Waals surface area contributed by atoms with Crippen molar-refractivity contribution in [2.24, 2.45) is 0 Å². The van der Waals surface area contributed by atoms with Gasteiger partial charge in [-0.2, -0.15) is 5.10 Å². The summed E-state index contributed by atoms with van der Waals surface area (Å²) in [6.45, 7) is 2.95. The maximum atomic E-state index is 13.2. The fraction of sp³-hybridized carbons (Fsp3) is 0.550. The van der Waals surface area contributed by atoms with Gasteiger partial charge in [-0.1, -0.05) is 6.92 Å². The summed E-state index contributed by atoms with van der Waals surface area (Å²) >= 11 is 1.25. The Bertz CT molecular complexity index is 958. The molecular weight excluding hydrogens is 438 g/mol. The van der Waals surface area contributed by atoms with E-state index in [9.17, 15) is 27.2 Å². The van der Waals surface area contributed by atoms with Crippen LogP contribution in [-0.2, 0) is 28.9 Å². The van der Waals surface area contributed by atoms with Gasteiger partial charge in [0.15, 0.2) is 0 Å². The van der Waals surface area contributed by atoms with Crippen LogP contribution in [-0.4, -0.2) is 27.8 Å². The molecule has 1 unspecified atom stereocenters. The van der Waals surface area contributed by atoms with Crippen molar-refractivity contribution in [1.82, 2.24) is 9.78 Å². The van der Waals surface area contributed by atoms with Crippen LogP contribution < -0.4 is 5.32 Å². The van der Waals surface area contributed by atoms with Crippen molar-refractivity contribution in [3.05, 3.63) is 33.5 Å². The van der Waals surface area contributed by atoms with E-state index in [1.54, 1.807) is 6.92 Å². The molecule has 0 saturated carbocycles. The van der Waals surface area contributed by atoms with Crippen LogP contribution in [0.3, 0.4) is 0 Å². The van der Waals surface area contributed by atoms with Crippen LogP contribution in [0.5, 0.6) is 0 Å². The maximum absolute atomic E-state index is 13.2. The van der Waals surface area contributed by atoms with Gasteiger partial charge in [0.05, 0.1) is 11.7 Å². The van der Waals surface area contributed by atoms with Crippen LogP contribution in [0.15, 0.2) is 6.07 Å². The molecule has 1 aliphatic carbocycles. The molecule has 11 heteroatoms. The Hall–Kier alpha value is -2.43. The molecule has 0 radical (unpaired) electrons. The molecule has 0 aliphatic heterocycles. The second kappa shape index (κ2) is 9.80. The first-order chi connectivity index (χ1) is 14.7. The summed E-state index contributed by atoms with van der Waals surface area (Å²) in [5, 5.41) is 6.28. The van der Waals surface area contributed by atoms with E-state index in [1.165, 1.54) is 11.3 Å². The lowest BCUT2D eigenvalue weighted by molar-refractivity contribution is -0.117. The van der Waals surface area contributed by atoms with Crippen molar-refractivity contribution in [3.8, 4) is 0 Å². The molecule has 1 amide bonds. The van der Waals surface area contributed by atoms with Gasteiger partial charge in [0, 0.05) is 4.88 Å². The van der Waals surface area contributed by atoms with Crippen molar-refractivity contribution in [3.63, 3.8) is 0 Å². The molecule has 6 nitrogen and oxygen atoms in total. The number of aryl methyl sites for hydroxylation is 1. The number of alkyl halides is 4. The predicted octanol–water partition coefficient (Wildman–Crippen LogP) is 5.29. The van der Waals surface area contributed by atoms with Gasteiger partial charge in [-0.05, 0) is 50.7 Å². The minimum atomic E-state index is -3.07. The molecule has 0 aromatic carbocycles. The van der Waals surface area contributed by atoms with Gasteiger partial charge in [-0.3, -0.25) is 9.48 Å². The lowest BCUT2D eigenvalue weighted by Crippen LogP contribution is -2.23. The number of ether oxygens (including phenoxy) is 1. The predicted molar refractivity (Wildman–Crippen MR) is 107 cm³/mol. The number of hydrogen-bond donors (Lipinski definition) is 1. The number of halogens is 4. The summed E-state index contributed by atoms with van der Waals surface area (Å²) in [5.74, 6) is -1.29. The molecule has 31 heavy (non-hydrogen) atoms. The highest BCUT2D eigenvalue weighted by Crippen LogP contribution is 2.39. The molecule has 0 spiro atoms. The van der Waals surface area contributed by atoms with Crippen LogP contribution in [0.4, 0.5) is 22.6 Å². The minimum absolute atomic E-state index is 0.282. The summed E-state index contributed by atoms with van der Waals surface area (Å²) in [7, 11) is 0. The first-order valence-corrected chi connectivity index (χ1v) is 10.8. The Morgan fingerprint density at radius 1 is 1.23 bits per heavy atom. The SMILES string of the molecule is CCC(C)OC(=O)c1c(NC(=O)Cn2nc(C(F)F)cc2C(F)F)sc2c1CCCC2. The van der Waals surface area contributed by atoms with Gasteiger partial charge in [-0.15, -0.1) is 11.3 Å². The Morgan fingerprint density at radius 3 is 2.58 bits per heavy atom. The highest BCUT2D eigenvalue weighted by atomic mass is 32.1. The zero-order valence-electron chi connectivity index (χ0n) is 17.1. The minimum Gasteiger partial charge on any atom is -0.459 e. The van der Waals surface area contributed by atoms with Crippen molar-refractivity contribution in [1.29, 1.82) is 0 Å². The highest BCUT2D eigenvalue weighted by Gasteiger charge is 2.29. The van der Waals surface area contributed by atoms with Crippen molar-refractivity contribution in [2.45, 2.75) is 71.5 Å². The number of fused-ring (bicyclic) bond motifs is 1. The number of nitrogens with one attached hydrogen (secondary N) is 1. The van der Waals surface area contributed by atoms with Crippen molar-refractivity contribution in [2.75, 3.05) is 5.32 Å².